The minimum absolute atomic E-state index is 0.182. The standard InChI is InChI=1S/C18H27N3O4S/c1-13-7-8-14(2)16(12-13)26(24,25)21-11-5-4-6-15(21)9-10-20-18(23)17(22)19-3/h7-8,12,15H,4-6,9-11H2,1-3H3,(H,19,22)(H,20,23). The van der Waals surface area contributed by atoms with Gasteiger partial charge >= 0.3 is 11.8 Å². The molecule has 1 heterocycles. The molecular formula is C18H27N3O4S. The summed E-state index contributed by atoms with van der Waals surface area (Å²) in [4.78, 5) is 23.1. The summed E-state index contributed by atoms with van der Waals surface area (Å²) in [6.07, 6.45) is 3.00. The van der Waals surface area contributed by atoms with Crippen LogP contribution in [0.2, 0.25) is 0 Å². The summed E-state index contributed by atoms with van der Waals surface area (Å²) in [5, 5.41) is 4.80. The van der Waals surface area contributed by atoms with Crippen molar-refractivity contribution in [3.8, 4) is 0 Å². The molecule has 0 radical (unpaired) electrons. The number of rotatable bonds is 5. The maximum absolute atomic E-state index is 13.2. The number of nitrogens with one attached hydrogen (secondary N) is 2. The number of nitrogens with zero attached hydrogens (tertiary/aromatic N) is 1. The Morgan fingerprint density at radius 1 is 1.19 bits per heavy atom. The number of hydrogen-bond acceptors (Lipinski definition) is 4. The summed E-state index contributed by atoms with van der Waals surface area (Å²) >= 11 is 0. The molecule has 1 atom stereocenters. The lowest BCUT2D eigenvalue weighted by Gasteiger charge is -2.35. The van der Waals surface area contributed by atoms with Crippen molar-refractivity contribution < 1.29 is 18.0 Å². The van der Waals surface area contributed by atoms with E-state index in [1.54, 1.807) is 17.3 Å². The fourth-order valence-electron chi connectivity index (χ4n) is 3.24. The summed E-state index contributed by atoms with van der Waals surface area (Å²) in [5.41, 5.74) is 1.63. The highest BCUT2D eigenvalue weighted by Crippen LogP contribution is 2.29. The van der Waals surface area contributed by atoms with Crippen LogP contribution in [-0.4, -0.2) is 50.7 Å². The highest BCUT2D eigenvalue weighted by atomic mass is 32.2. The number of amides is 2. The second-order valence-electron chi connectivity index (χ2n) is 6.66. The second-order valence-corrected chi connectivity index (χ2v) is 8.52. The zero-order valence-corrected chi connectivity index (χ0v) is 16.4. The van der Waals surface area contributed by atoms with Crippen LogP contribution >= 0.6 is 0 Å². The van der Waals surface area contributed by atoms with Crippen LogP contribution in [-0.2, 0) is 19.6 Å². The molecule has 0 aromatic heterocycles. The fraction of sp³-hybridized carbons (Fsp3) is 0.556. The fourth-order valence-corrected chi connectivity index (χ4v) is 5.27. The van der Waals surface area contributed by atoms with Gasteiger partial charge in [-0.2, -0.15) is 4.31 Å². The largest absolute Gasteiger partial charge is 0.351 e. The Kier molecular flexibility index (Phi) is 6.77. The molecule has 0 spiro atoms. The molecule has 1 aromatic rings. The number of piperidine rings is 1. The Morgan fingerprint density at radius 3 is 2.62 bits per heavy atom. The summed E-state index contributed by atoms with van der Waals surface area (Å²) in [5.74, 6) is -1.40. The van der Waals surface area contributed by atoms with Crippen LogP contribution in [0.15, 0.2) is 23.1 Å². The number of carbonyl (C=O) groups excluding carboxylic acids is 2. The quantitative estimate of drug-likeness (QED) is 0.747. The van der Waals surface area contributed by atoms with E-state index in [-0.39, 0.29) is 12.6 Å². The van der Waals surface area contributed by atoms with E-state index in [1.165, 1.54) is 7.05 Å². The molecule has 2 N–H and O–H groups in total. The molecule has 1 aliphatic rings. The van der Waals surface area contributed by atoms with Crippen molar-refractivity contribution in [1.29, 1.82) is 0 Å². The molecule has 1 aromatic carbocycles. The maximum atomic E-state index is 13.2. The SMILES string of the molecule is CNC(=O)C(=O)NCCC1CCCCN1S(=O)(=O)c1cc(C)ccc1C. The van der Waals surface area contributed by atoms with Gasteiger partial charge in [-0.1, -0.05) is 18.6 Å². The predicted octanol–water partition coefficient (Wildman–Crippen LogP) is 1.10. The van der Waals surface area contributed by atoms with Gasteiger partial charge in [0.25, 0.3) is 0 Å². The van der Waals surface area contributed by atoms with Crippen molar-refractivity contribution in [2.24, 2.45) is 0 Å². The Labute approximate surface area is 155 Å². The van der Waals surface area contributed by atoms with Crippen LogP contribution < -0.4 is 10.6 Å². The van der Waals surface area contributed by atoms with E-state index in [2.05, 4.69) is 10.6 Å². The topological polar surface area (TPSA) is 95.6 Å². The molecule has 0 saturated carbocycles. The molecule has 1 unspecified atom stereocenters. The van der Waals surface area contributed by atoms with Gasteiger partial charge in [0.05, 0.1) is 4.90 Å². The molecule has 0 bridgehead atoms. The smallest absolute Gasteiger partial charge is 0.309 e. The second kappa shape index (κ2) is 8.64. The van der Waals surface area contributed by atoms with E-state index >= 15 is 0 Å². The van der Waals surface area contributed by atoms with Crippen LogP contribution in [0.1, 0.15) is 36.8 Å². The van der Waals surface area contributed by atoms with E-state index in [1.807, 2.05) is 19.1 Å². The van der Waals surface area contributed by atoms with Crippen molar-refractivity contribution in [1.82, 2.24) is 14.9 Å². The maximum Gasteiger partial charge on any atom is 0.309 e. The van der Waals surface area contributed by atoms with E-state index < -0.39 is 21.8 Å². The first-order valence-corrected chi connectivity index (χ1v) is 10.3. The lowest BCUT2D eigenvalue weighted by atomic mass is 10.0. The number of benzene rings is 1. The van der Waals surface area contributed by atoms with Gasteiger partial charge in [0.1, 0.15) is 0 Å². The first-order chi connectivity index (χ1) is 12.3. The Hall–Kier alpha value is -1.93. The predicted molar refractivity (Wildman–Crippen MR) is 99.1 cm³/mol. The Morgan fingerprint density at radius 2 is 1.92 bits per heavy atom. The zero-order chi connectivity index (χ0) is 19.3. The average molecular weight is 381 g/mol. The molecule has 144 valence electrons. The number of hydrogen-bond donors (Lipinski definition) is 2. The summed E-state index contributed by atoms with van der Waals surface area (Å²) in [6, 6.07) is 5.25. The highest BCUT2D eigenvalue weighted by Gasteiger charge is 2.34. The molecule has 1 saturated heterocycles. The molecule has 7 nitrogen and oxygen atoms in total. The van der Waals surface area contributed by atoms with Crippen molar-refractivity contribution >= 4 is 21.8 Å². The van der Waals surface area contributed by atoms with Gasteiger partial charge < -0.3 is 10.6 Å². The van der Waals surface area contributed by atoms with Gasteiger partial charge in [-0.25, -0.2) is 8.42 Å². The van der Waals surface area contributed by atoms with Gasteiger partial charge in [-0.3, -0.25) is 9.59 Å². The summed E-state index contributed by atoms with van der Waals surface area (Å²) in [7, 11) is -2.20. The summed E-state index contributed by atoms with van der Waals surface area (Å²) in [6.45, 7) is 4.41. The van der Waals surface area contributed by atoms with Gasteiger partial charge in [-0.15, -0.1) is 0 Å². The third-order valence-corrected chi connectivity index (χ3v) is 6.79. The van der Waals surface area contributed by atoms with E-state index in [0.29, 0.717) is 17.9 Å². The average Bonchev–Trinajstić information content (AvgIpc) is 2.63. The first kappa shape index (κ1) is 20.4. The number of sulfonamides is 1. The van der Waals surface area contributed by atoms with E-state index in [4.69, 9.17) is 0 Å². The van der Waals surface area contributed by atoms with Crippen LogP contribution in [0.5, 0.6) is 0 Å². The molecule has 26 heavy (non-hydrogen) atoms. The molecule has 1 aliphatic heterocycles. The minimum atomic E-state index is -3.59. The minimum Gasteiger partial charge on any atom is -0.351 e. The van der Waals surface area contributed by atoms with Crippen LogP contribution in [0, 0.1) is 13.8 Å². The van der Waals surface area contributed by atoms with E-state index in [0.717, 1.165) is 30.4 Å². The molecule has 2 amide bonds. The van der Waals surface area contributed by atoms with E-state index in [9.17, 15) is 18.0 Å². The third-order valence-electron chi connectivity index (χ3n) is 4.70. The van der Waals surface area contributed by atoms with Crippen LogP contribution in [0.3, 0.4) is 0 Å². The normalized spacial score (nSPS) is 18.3. The molecule has 8 heteroatoms. The van der Waals surface area contributed by atoms with Gasteiger partial charge in [0.2, 0.25) is 10.0 Å². The molecular weight excluding hydrogens is 354 g/mol. The number of likely N-dealkylation sites (N-methyl/N-ethyl adjacent to an activating group) is 1. The number of carbonyl (C=O) groups is 2. The lowest BCUT2D eigenvalue weighted by molar-refractivity contribution is -0.138. The highest BCUT2D eigenvalue weighted by molar-refractivity contribution is 7.89. The monoisotopic (exact) mass is 381 g/mol. The van der Waals surface area contributed by atoms with Gasteiger partial charge in [0.15, 0.2) is 0 Å². The lowest BCUT2D eigenvalue weighted by Crippen LogP contribution is -2.46. The number of aryl methyl sites for hydroxylation is 2. The van der Waals surface area contributed by atoms with Gasteiger partial charge in [-0.05, 0) is 50.3 Å². The zero-order valence-electron chi connectivity index (χ0n) is 15.5. The van der Waals surface area contributed by atoms with Crippen molar-refractivity contribution in [2.75, 3.05) is 20.1 Å². The Balaban J connectivity index is 2.13. The molecule has 0 aliphatic carbocycles. The third kappa shape index (κ3) is 4.62. The van der Waals surface area contributed by atoms with Crippen molar-refractivity contribution in [3.05, 3.63) is 29.3 Å². The molecule has 2 rings (SSSR count). The van der Waals surface area contributed by atoms with Crippen molar-refractivity contribution in [3.63, 3.8) is 0 Å². The molecule has 1 fully saturated rings. The van der Waals surface area contributed by atoms with Gasteiger partial charge in [0, 0.05) is 26.2 Å². The summed E-state index contributed by atoms with van der Waals surface area (Å²) < 4.78 is 28.0. The first-order valence-electron chi connectivity index (χ1n) is 8.86. The Bertz CT molecular complexity index is 777. The van der Waals surface area contributed by atoms with Crippen LogP contribution in [0.25, 0.3) is 0 Å². The van der Waals surface area contributed by atoms with Crippen LogP contribution in [0.4, 0.5) is 0 Å². The van der Waals surface area contributed by atoms with Crippen molar-refractivity contribution in [2.45, 2.75) is 50.5 Å².